The van der Waals surface area contributed by atoms with Gasteiger partial charge in [-0.15, -0.1) is 6.42 Å². The Morgan fingerprint density at radius 2 is 2.09 bits per heavy atom. The minimum Gasteiger partial charge on any atom is -0.550 e. The van der Waals surface area contributed by atoms with E-state index in [1.807, 2.05) is 0 Å². The molecule has 0 spiro atoms. The van der Waals surface area contributed by atoms with Crippen molar-refractivity contribution in [3.8, 4) is 12.3 Å². The molecule has 0 heterocycles. The van der Waals surface area contributed by atoms with Crippen LogP contribution in [0.2, 0.25) is 0 Å². The third-order valence-electron chi connectivity index (χ3n) is 3.27. The van der Waals surface area contributed by atoms with Crippen molar-refractivity contribution in [1.82, 2.24) is 5.32 Å². The van der Waals surface area contributed by atoms with Gasteiger partial charge in [0.25, 0.3) is 0 Å². The Morgan fingerprint density at radius 1 is 1.41 bits per heavy atom. The molecule has 0 radical (unpaired) electrons. The van der Waals surface area contributed by atoms with Crippen LogP contribution in [0.5, 0.6) is 0 Å². The summed E-state index contributed by atoms with van der Waals surface area (Å²) < 4.78 is 0. The fourth-order valence-corrected chi connectivity index (χ4v) is 2.21. The molecule has 0 bridgehead atoms. The number of aryl methyl sites for hydroxylation is 1. The highest BCUT2D eigenvalue weighted by Gasteiger charge is 2.20. The number of nitrogens with one attached hydrogen (secondary N) is 1. The van der Waals surface area contributed by atoms with Crippen molar-refractivity contribution in [3.63, 3.8) is 0 Å². The Bertz CT molecular complexity index is 566. The molecule has 0 aliphatic heterocycles. The minimum absolute atomic E-state index is 0.479. The van der Waals surface area contributed by atoms with Crippen molar-refractivity contribution in [2.45, 2.75) is 31.3 Å². The third kappa shape index (κ3) is 5.56. The smallest absolute Gasteiger partial charge is 0.0586 e. The summed E-state index contributed by atoms with van der Waals surface area (Å²) in [7, 11) is 0. The van der Waals surface area contributed by atoms with E-state index in [2.05, 4.69) is 35.5 Å². The molecular formula is C16H18N2O4-2. The number of carboxylic acids is 2. The Hall–Kier alpha value is -2.36. The van der Waals surface area contributed by atoms with Crippen LogP contribution in [0.15, 0.2) is 24.3 Å². The molecule has 1 aliphatic rings. The average Bonchev–Trinajstić information content (AvgIpc) is 2.88. The van der Waals surface area contributed by atoms with E-state index in [1.54, 1.807) is 0 Å². The van der Waals surface area contributed by atoms with Crippen molar-refractivity contribution < 1.29 is 19.8 Å². The summed E-state index contributed by atoms with van der Waals surface area (Å²) in [4.78, 5) is 19.3. The first kappa shape index (κ1) is 17.7. The number of carbonyl (C=O) groups excluding carboxylic acids is 2. The van der Waals surface area contributed by atoms with Gasteiger partial charge in [-0.3, -0.25) is 5.32 Å². The highest BCUT2D eigenvalue weighted by Crippen LogP contribution is 2.30. The molecule has 118 valence electrons. The van der Waals surface area contributed by atoms with Gasteiger partial charge in [-0.2, -0.15) is 0 Å². The summed E-state index contributed by atoms with van der Waals surface area (Å²) in [6.45, 7) is 0.666. The maximum atomic E-state index is 9.71. The number of nitrogens with two attached hydrogens (primary N) is 1. The minimum atomic E-state index is -1.58. The van der Waals surface area contributed by atoms with Gasteiger partial charge in [0.15, 0.2) is 0 Å². The molecule has 0 aromatic heterocycles. The Morgan fingerprint density at radius 3 is 2.64 bits per heavy atom. The maximum absolute atomic E-state index is 9.71. The van der Waals surface area contributed by atoms with Gasteiger partial charge >= 0.3 is 0 Å². The lowest BCUT2D eigenvalue weighted by atomic mass is 10.1. The van der Waals surface area contributed by atoms with E-state index in [-0.39, 0.29) is 0 Å². The molecule has 0 saturated carbocycles. The molecule has 1 aliphatic carbocycles. The van der Waals surface area contributed by atoms with Crippen LogP contribution in [0.25, 0.3) is 0 Å². The van der Waals surface area contributed by atoms with Crippen molar-refractivity contribution in [2.24, 2.45) is 5.73 Å². The van der Waals surface area contributed by atoms with Crippen molar-refractivity contribution in [3.05, 3.63) is 35.4 Å². The van der Waals surface area contributed by atoms with E-state index < -0.39 is 24.4 Å². The molecule has 1 aromatic carbocycles. The van der Waals surface area contributed by atoms with Crippen LogP contribution >= 0.6 is 0 Å². The molecule has 22 heavy (non-hydrogen) atoms. The van der Waals surface area contributed by atoms with Gasteiger partial charge in [-0.1, -0.05) is 30.2 Å². The number of rotatable bonds is 5. The van der Waals surface area contributed by atoms with Crippen LogP contribution in [0.1, 0.15) is 30.0 Å². The lowest BCUT2D eigenvalue weighted by Crippen LogP contribution is -2.45. The fourth-order valence-electron chi connectivity index (χ4n) is 2.21. The Kier molecular flexibility index (Phi) is 7.09. The number of carboxylic acid groups (broad SMARTS) is 2. The van der Waals surface area contributed by atoms with Gasteiger partial charge in [0, 0.05) is 24.5 Å². The number of hydrogen-bond acceptors (Lipinski definition) is 6. The predicted molar refractivity (Wildman–Crippen MR) is 76.9 cm³/mol. The molecule has 0 saturated heterocycles. The number of hydrogen-bond donors (Lipinski definition) is 2. The lowest BCUT2D eigenvalue weighted by molar-refractivity contribution is -0.316. The molecule has 3 N–H and O–H groups in total. The van der Waals surface area contributed by atoms with E-state index in [4.69, 9.17) is 12.2 Å². The summed E-state index contributed by atoms with van der Waals surface area (Å²) in [5, 5.41) is 22.7. The van der Waals surface area contributed by atoms with Crippen LogP contribution in [0, 0.1) is 12.3 Å². The van der Waals surface area contributed by atoms with Gasteiger partial charge in [-0.25, -0.2) is 0 Å². The van der Waals surface area contributed by atoms with Gasteiger partial charge < -0.3 is 25.5 Å². The molecule has 2 rings (SSSR count). The van der Waals surface area contributed by atoms with Crippen molar-refractivity contribution in [1.29, 1.82) is 0 Å². The van der Waals surface area contributed by atoms with Crippen LogP contribution in [-0.4, -0.2) is 24.5 Å². The van der Waals surface area contributed by atoms with Crippen LogP contribution in [-0.2, 0) is 16.0 Å². The number of fused-ring (bicyclic) bond motifs is 1. The molecule has 6 nitrogen and oxygen atoms in total. The standard InChI is InChI=1S/C12H13N.C4H7NO4/c1-2-9-13-12-8-7-10-5-3-4-6-11(10)12;5-2(4(8)9)1-3(6)7/h1,3-6,12-13H,7-9H2;2H,1,5H2,(H,6,7)(H,8,9)/p-2/t12-;2-/m10/s1. The number of terminal acetylenes is 1. The normalized spacial score (nSPS) is 16.6. The highest BCUT2D eigenvalue weighted by molar-refractivity contribution is 5.77. The molecule has 1 aromatic rings. The van der Waals surface area contributed by atoms with Crippen molar-refractivity contribution >= 4 is 11.9 Å². The summed E-state index contributed by atoms with van der Waals surface area (Å²) in [6, 6.07) is 7.60. The quantitative estimate of drug-likeness (QED) is 0.613. The van der Waals surface area contributed by atoms with Crippen LogP contribution < -0.4 is 21.3 Å². The Balaban J connectivity index is 0.000000239. The van der Waals surface area contributed by atoms with E-state index in [0.717, 1.165) is 0 Å². The predicted octanol–water partition coefficient (Wildman–Crippen LogP) is -1.90. The maximum Gasteiger partial charge on any atom is 0.0586 e. The number of benzene rings is 1. The van der Waals surface area contributed by atoms with Crippen LogP contribution in [0.3, 0.4) is 0 Å². The van der Waals surface area contributed by atoms with Gasteiger partial charge in [0.2, 0.25) is 0 Å². The second-order valence-corrected chi connectivity index (χ2v) is 4.88. The second kappa shape index (κ2) is 8.82. The average molecular weight is 302 g/mol. The first-order valence-electron chi connectivity index (χ1n) is 6.86. The lowest BCUT2D eigenvalue weighted by Gasteiger charge is -2.11. The molecule has 0 unspecified atom stereocenters. The number of aliphatic carboxylic acids is 2. The first-order chi connectivity index (χ1) is 10.5. The zero-order valence-corrected chi connectivity index (χ0v) is 12.1. The second-order valence-electron chi connectivity index (χ2n) is 4.88. The topological polar surface area (TPSA) is 118 Å². The van der Waals surface area contributed by atoms with E-state index in [0.29, 0.717) is 12.6 Å². The molecule has 2 atom stereocenters. The van der Waals surface area contributed by atoms with E-state index >= 15 is 0 Å². The van der Waals surface area contributed by atoms with Crippen LogP contribution in [0.4, 0.5) is 0 Å². The van der Waals surface area contributed by atoms with Gasteiger partial charge in [-0.05, 0) is 24.0 Å². The van der Waals surface area contributed by atoms with Gasteiger partial charge in [0.1, 0.15) is 0 Å². The van der Waals surface area contributed by atoms with Gasteiger partial charge in [0.05, 0.1) is 12.5 Å². The summed E-state index contributed by atoms with van der Waals surface area (Å²) >= 11 is 0. The van der Waals surface area contributed by atoms with Crippen molar-refractivity contribution in [2.75, 3.05) is 6.54 Å². The largest absolute Gasteiger partial charge is 0.550 e. The summed E-state index contributed by atoms with van der Waals surface area (Å²) in [5.74, 6) is -0.464. The van der Waals surface area contributed by atoms with E-state index in [1.165, 1.54) is 24.0 Å². The zero-order valence-electron chi connectivity index (χ0n) is 12.1. The SMILES string of the molecule is C#CCN[C@@H]1CCc2ccccc21.N[C@@H](CC(=O)[O-])C(=O)[O-]. The third-order valence-corrected chi connectivity index (χ3v) is 3.27. The summed E-state index contributed by atoms with van der Waals surface area (Å²) in [5.41, 5.74) is 7.63. The molecule has 0 fully saturated rings. The fraction of sp³-hybridized carbons (Fsp3) is 0.375. The zero-order chi connectivity index (χ0) is 16.5. The highest BCUT2D eigenvalue weighted by atomic mass is 16.4. The summed E-state index contributed by atoms with van der Waals surface area (Å²) in [6.07, 6.45) is 6.87. The van der Waals surface area contributed by atoms with E-state index in [9.17, 15) is 19.8 Å². The Labute approximate surface area is 129 Å². The molecular weight excluding hydrogens is 284 g/mol. The first-order valence-corrected chi connectivity index (χ1v) is 6.86. The number of carbonyl (C=O) groups is 2. The monoisotopic (exact) mass is 302 g/mol. The molecule has 0 amide bonds. The molecule has 6 heteroatoms.